The molecule has 1 aliphatic rings. The Kier molecular flexibility index (Phi) is 6.88. The van der Waals surface area contributed by atoms with Gasteiger partial charge in [-0.25, -0.2) is 13.2 Å². The molecule has 5 nitrogen and oxygen atoms in total. The number of hydrogen-bond acceptors (Lipinski definition) is 4. The van der Waals surface area contributed by atoms with E-state index >= 15 is 0 Å². The highest BCUT2D eigenvalue weighted by Crippen LogP contribution is 2.43. The van der Waals surface area contributed by atoms with Gasteiger partial charge >= 0.3 is 0 Å². The van der Waals surface area contributed by atoms with Crippen LogP contribution < -0.4 is 9.64 Å². The Bertz CT molecular complexity index is 1370. The maximum atomic E-state index is 14.7. The van der Waals surface area contributed by atoms with Gasteiger partial charge in [0.15, 0.2) is 0 Å². The first-order valence-electron chi connectivity index (χ1n) is 11.3. The molecule has 3 aromatic rings. The largest absolute Gasteiger partial charge is 0.507 e. The van der Waals surface area contributed by atoms with Crippen LogP contribution in [-0.4, -0.2) is 23.4 Å². The molecule has 3 aromatic carbocycles. The summed E-state index contributed by atoms with van der Waals surface area (Å²) in [5.74, 6) is -4.16. The lowest BCUT2D eigenvalue weighted by molar-refractivity contribution is -0.132. The Balaban J connectivity index is 1.88. The minimum Gasteiger partial charge on any atom is -0.507 e. The Morgan fingerprint density at radius 2 is 1.64 bits per heavy atom. The van der Waals surface area contributed by atoms with Crippen LogP contribution in [-0.2, 0) is 9.59 Å². The number of amides is 1. The number of ether oxygens (including phenoxy) is 1. The number of nitrogens with zero attached hydrogens (tertiary/aromatic N) is 1. The van der Waals surface area contributed by atoms with Crippen LogP contribution in [0.4, 0.5) is 18.9 Å². The molecule has 0 aromatic heterocycles. The molecule has 0 saturated carbocycles. The maximum absolute atomic E-state index is 14.7. The van der Waals surface area contributed by atoms with E-state index < -0.39 is 46.6 Å². The molecule has 1 saturated heterocycles. The SMILES string of the molecule is Cc1cc(/C(O)=C2\C(=O)C(=O)N(c3cc(F)ccc3F)C2c2ccc(F)cc2)ccc1OCC(C)C. The fourth-order valence-corrected chi connectivity index (χ4v) is 4.08. The zero-order valence-corrected chi connectivity index (χ0v) is 19.9. The quantitative estimate of drug-likeness (QED) is 0.256. The first-order valence-corrected chi connectivity index (χ1v) is 11.3. The van der Waals surface area contributed by atoms with Crippen LogP contribution in [0, 0.1) is 30.3 Å². The lowest BCUT2D eigenvalue weighted by Gasteiger charge is -2.26. The number of aryl methyl sites for hydroxylation is 1. The molecule has 1 heterocycles. The standard InChI is InChI=1S/C28H24F3NO4/c1-15(2)14-36-23-11-6-18(12-16(23)3)26(33)24-25(17-4-7-19(29)8-5-17)32(28(35)27(24)34)22-13-20(30)9-10-21(22)31/h4-13,15,25,33H,14H2,1-3H3/b26-24+. The van der Waals surface area contributed by atoms with E-state index in [0.717, 1.165) is 35.2 Å². The van der Waals surface area contributed by atoms with Crippen molar-refractivity contribution in [3.63, 3.8) is 0 Å². The first-order chi connectivity index (χ1) is 17.1. The number of aliphatic hydroxyl groups is 1. The van der Waals surface area contributed by atoms with Crippen molar-refractivity contribution < 1.29 is 32.6 Å². The van der Waals surface area contributed by atoms with E-state index in [1.165, 1.54) is 18.2 Å². The van der Waals surface area contributed by atoms with E-state index in [9.17, 15) is 27.9 Å². The average Bonchev–Trinajstić information content (AvgIpc) is 3.10. The normalized spacial score (nSPS) is 17.2. The van der Waals surface area contributed by atoms with E-state index in [2.05, 4.69) is 0 Å². The van der Waals surface area contributed by atoms with Crippen LogP contribution in [0.3, 0.4) is 0 Å². The van der Waals surface area contributed by atoms with Crippen molar-refractivity contribution in [2.45, 2.75) is 26.8 Å². The second-order valence-electron chi connectivity index (χ2n) is 9.00. The first kappa shape index (κ1) is 25.0. The second kappa shape index (κ2) is 9.89. The van der Waals surface area contributed by atoms with Gasteiger partial charge in [-0.1, -0.05) is 26.0 Å². The Morgan fingerprint density at radius 3 is 2.28 bits per heavy atom. The number of halogens is 3. The zero-order chi connectivity index (χ0) is 26.1. The predicted molar refractivity (Wildman–Crippen MR) is 129 cm³/mol. The fraction of sp³-hybridized carbons (Fsp3) is 0.214. The van der Waals surface area contributed by atoms with E-state index in [-0.39, 0.29) is 16.7 Å². The summed E-state index contributed by atoms with van der Waals surface area (Å²) in [6.45, 7) is 6.27. The molecule has 1 fully saturated rings. The molecule has 8 heteroatoms. The van der Waals surface area contributed by atoms with Gasteiger partial charge in [0.05, 0.1) is 23.9 Å². The number of ketones is 1. The highest BCUT2D eigenvalue weighted by atomic mass is 19.1. The Hall–Kier alpha value is -4.07. The molecule has 0 radical (unpaired) electrons. The lowest BCUT2D eigenvalue weighted by Crippen LogP contribution is -2.30. The van der Waals surface area contributed by atoms with E-state index in [1.54, 1.807) is 19.1 Å². The molecule has 0 aliphatic carbocycles. The average molecular weight is 495 g/mol. The predicted octanol–water partition coefficient (Wildman–Crippen LogP) is 6.07. The van der Waals surface area contributed by atoms with Crippen LogP contribution in [0.15, 0.2) is 66.2 Å². The van der Waals surface area contributed by atoms with Crippen molar-refractivity contribution >= 4 is 23.1 Å². The van der Waals surface area contributed by atoms with E-state index in [1.807, 2.05) is 13.8 Å². The van der Waals surface area contributed by atoms with Gasteiger partial charge < -0.3 is 9.84 Å². The summed E-state index contributed by atoms with van der Waals surface area (Å²) in [5.41, 5.74) is 0.344. The monoisotopic (exact) mass is 495 g/mol. The second-order valence-corrected chi connectivity index (χ2v) is 9.00. The molecule has 1 aliphatic heterocycles. The molecule has 36 heavy (non-hydrogen) atoms. The third-order valence-corrected chi connectivity index (χ3v) is 5.82. The Labute approximate surface area is 206 Å². The number of hydrogen-bond donors (Lipinski definition) is 1. The molecular weight excluding hydrogens is 471 g/mol. The molecule has 186 valence electrons. The van der Waals surface area contributed by atoms with Gasteiger partial charge in [0.1, 0.15) is 29.0 Å². The van der Waals surface area contributed by atoms with Crippen molar-refractivity contribution in [3.05, 3.63) is 100 Å². The summed E-state index contributed by atoms with van der Waals surface area (Å²) in [6, 6.07) is 10.8. The molecule has 4 rings (SSSR count). The minimum absolute atomic E-state index is 0.231. The maximum Gasteiger partial charge on any atom is 0.300 e. The van der Waals surface area contributed by atoms with Gasteiger partial charge in [0, 0.05) is 11.6 Å². The molecular formula is C28H24F3NO4. The number of aliphatic hydroxyl groups excluding tert-OH is 1. The van der Waals surface area contributed by atoms with Crippen LogP contribution in [0.5, 0.6) is 5.75 Å². The highest BCUT2D eigenvalue weighted by molar-refractivity contribution is 6.51. The van der Waals surface area contributed by atoms with Gasteiger partial charge in [-0.15, -0.1) is 0 Å². The van der Waals surface area contributed by atoms with Gasteiger partial charge in [0.25, 0.3) is 11.7 Å². The smallest absolute Gasteiger partial charge is 0.300 e. The molecule has 1 atom stereocenters. The minimum atomic E-state index is -1.32. The molecule has 1 unspecified atom stereocenters. The number of carbonyl (C=O) groups is 2. The lowest BCUT2D eigenvalue weighted by atomic mass is 9.94. The number of rotatable bonds is 6. The van der Waals surface area contributed by atoms with Crippen molar-refractivity contribution in [2.24, 2.45) is 5.92 Å². The zero-order valence-electron chi connectivity index (χ0n) is 19.9. The molecule has 0 spiro atoms. The molecule has 1 N–H and O–H groups in total. The van der Waals surface area contributed by atoms with Gasteiger partial charge in [0.2, 0.25) is 0 Å². The van der Waals surface area contributed by atoms with E-state index in [4.69, 9.17) is 4.74 Å². The third-order valence-electron chi connectivity index (χ3n) is 5.82. The van der Waals surface area contributed by atoms with Gasteiger partial charge in [-0.2, -0.15) is 0 Å². The highest BCUT2D eigenvalue weighted by Gasteiger charge is 2.47. The number of benzene rings is 3. The van der Waals surface area contributed by atoms with Crippen LogP contribution in [0.25, 0.3) is 5.76 Å². The molecule has 0 bridgehead atoms. The van der Waals surface area contributed by atoms with Crippen LogP contribution in [0.2, 0.25) is 0 Å². The number of anilines is 1. The summed E-state index contributed by atoms with van der Waals surface area (Å²) >= 11 is 0. The van der Waals surface area contributed by atoms with Crippen molar-refractivity contribution in [3.8, 4) is 5.75 Å². The summed E-state index contributed by atoms with van der Waals surface area (Å²) < 4.78 is 48.1. The van der Waals surface area contributed by atoms with Crippen LogP contribution >= 0.6 is 0 Å². The van der Waals surface area contributed by atoms with Crippen molar-refractivity contribution in [2.75, 3.05) is 11.5 Å². The summed E-state index contributed by atoms with van der Waals surface area (Å²) in [6.07, 6.45) is 0. The van der Waals surface area contributed by atoms with Gasteiger partial charge in [-0.3, -0.25) is 14.5 Å². The number of carbonyl (C=O) groups excluding carboxylic acids is 2. The summed E-state index contributed by atoms with van der Waals surface area (Å²) in [7, 11) is 0. The Morgan fingerprint density at radius 1 is 0.972 bits per heavy atom. The van der Waals surface area contributed by atoms with Gasteiger partial charge in [-0.05, 0) is 66.4 Å². The van der Waals surface area contributed by atoms with Crippen molar-refractivity contribution in [1.82, 2.24) is 0 Å². The van der Waals surface area contributed by atoms with E-state index in [0.29, 0.717) is 23.8 Å². The summed E-state index contributed by atoms with van der Waals surface area (Å²) in [5, 5.41) is 11.2. The molecule has 1 amide bonds. The van der Waals surface area contributed by atoms with Crippen LogP contribution in [0.1, 0.15) is 36.6 Å². The topological polar surface area (TPSA) is 66.8 Å². The third kappa shape index (κ3) is 4.71. The summed E-state index contributed by atoms with van der Waals surface area (Å²) in [4.78, 5) is 27.0. The van der Waals surface area contributed by atoms with Crippen molar-refractivity contribution in [1.29, 1.82) is 0 Å². The number of Topliss-reactive ketones (excluding diaryl/α,β-unsaturated/α-hetero) is 1. The fourth-order valence-electron chi connectivity index (χ4n) is 4.08.